The fraction of sp³-hybridized carbons (Fsp3) is 0.375. The van der Waals surface area contributed by atoms with E-state index in [1.165, 1.54) is 15.1 Å². The number of pyridine rings is 1. The first kappa shape index (κ1) is 15.4. The number of hydrogen-bond acceptors (Lipinski definition) is 6. The zero-order valence-corrected chi connectivity index (χ0v) is 14.6. The molecular formula is C16H20N4S2. The van der Waals surface area contributed by atoms with E-state index in [2.05, 4.69) is 23.3 Å². The molecule has 3 rings (SSSR count). The van der Waals surface area contributed by atoms with E-state index in [0.717, 1.165) is 34.9 Å². The number of nitrogens with two attached hydrogens (primary N) is 1. The molecule has 0 aliphatic heterocycles. The summed E-state index contributed by atoms with van der Waals surface area (Å²) in [4.78, 5) is 10.4. The third-order valence-corrected chi connectivity index (χ3v) is 5.64. The van der Waals surface area contributed by atoms with Crippen LogP contribution in [0.25, 0.3) is 10.2 Å². The second kappa shape index (κ2) is 6.32. The molecule has 0 saturated carbocycles. The van der Waals surface area contributed by atoms with E-state index in [4.69, 9.17) is 10.7 Å². The lowest BCUT2D eigenvalue weighted by molar-refractivity contribution is 0.744. The molecule has 3 aromatic rings. The number of thiazole rings is 1. The Morgan fingerprint density at radius 1 is 1.36 bits per heavy atom. The van der Waals surface area contributed by atoms with Gasteiger partial charge in [-0.05, 0) is 38.8 Å². The van der Waals surface area contributed by atoms with Gasteiger partial charge in [0.05, 0.1) is 22.4 Å². The first-order valence-electron chi connectivity index (χ1n) is 7.32. The summed E-state index contributed by atoms with van der Waals surface area (Å²) in [7, 11) is 0. The molecule has 0 radical (unpaired) electrons. The number of nitrogens with zero attached hydrogens (tertiary/aromatic N) is 2. The van der Waals surface area contributed by atoms with Crippen molar-refractivity contribution in [3.63, 3.8) is 0 Å². The first-order chi connectivity index (χ1) is 10.5. The van der Waals surface area contributed by atoms with Crippen molar-refractivity contribution in [1.82, 2.24) is 9.97 Å². The van der Waals surface area contributed by atoms with Gasteiger partial charge in [-0.1, -0.05) is 0 Å². The lowest BCUT2D eigenvalue weighted by Gasteiger charge is -2.07. The second-order valence-electron chi connectivity index (χ2n) is 5.60. The van der Waals surface area contributed by atoms with Crippen LogP contribution in [0.2, 0.25) is 0 Å². The fourth-order valence-corrected chi connectivity index (χ4v) is 4.42. The molecule has 0 amide bonds. The van der Waals surface area contributed by atoms with Crippen molar-refractivity contribution in [3.8, 4) is 0 Å². The van der Waals surface area contributed by atoms with Gasteiger partial charge in [0.2, 0.25) is 0 Å². The number of anilines is 1. The van der Waals surface area contributed by atoms with Gasteiger partial charge in [0, 0.05) is 28.2 Å². The number of thiophene rings is 1. The standard InChI is InChI=1S/C16H20N4S2/c1-9(17)6-13-11(3)15-16(22-13)12(7-10(2)20-15)19-8-14-18-4-5-21-14/h4-5,7,9H,6,8,17H2,1-3H3,(H,19,20)/t9-/m0/s1. The second-order valence-corrected chi connectivity index (χ2v) is 7.68. The summed E-state index contributed by atoms with van der Waals surface area (Å²) in [6.45, 7) is 6.98. The van der Waals surface area contributed by atoms with Crippen molar-refractivity contribution in [2.75, 3.05) is 5.32 Å². The summed E-state index contributed by atoms with van der Waals surface area (Å²) in [5, 5.41) is 6.60. The molecule has 0 spiro atoms. The minimum atomic E-state index is 0.166. The molecule has 0 aromatic carbocycles. The van der Waals surface area contributed by atoms with Gasteiger partial charge in [-0.2, -0.15) is 0 Å². The van der Waals surface area contributed by atoms with Crippen LogP contribution in [0.1, 0.15) is 28.1 Å². The number of rotatable bonds is 5. The molecule has 22 heavy (non-hydrogen) atoms. The summed E-state index contributed by atoms with van der Waals surface area (Å²) in [6, 6.07) is 2.28. The van der Waals surface area contributed by atoms with Crippen LogP contribution < -0.4 is 11.1 Å². The van der Waals surface area contributed by atoms with Gasteiger partial charge in [0.25, 0.3) is 0 Å². The Labute approximate surface area is 138 Å². The Hall–Kier alpha value is -1.50. The molecule has 0 aliphatic rings. The molecule has 4 nitrogen and oxygen atoms in total. The number of aromatic nitrogens is 2. The zero-order chi connectivity index (χ0) is 15.7. The van der Waals surface area contributed by atoms with Crippen LogP contribution in [0.5, 0.6) is 0 Å². The van der Waals surface area contributed by atoms with Gasteiger partial charge in [-0.15, -0.1) is 22.7 Å². The van der Waals surface area contributed by atoms with Crippen molar-refractivity contribution in [2.24, 2.45) is 5.73 Å². The van der Waals surface area contributed by atoms with Gasteiger partial charge in [0.15, 0.2) is 0 Å². The average molecular weight is 332 g/mol. The number of aryl methyl sites for hydroxylation is 2. The number of nitrogens with one attached hydrogen (secondary N) is 1. The van der Waals surface area contributed by atoms with Crippen molar-refractivity contribution in [1.29, 1.82) is 0 Å². The van der Waals surface area contributed by atoms with E-state index >= 15 is 0 Å². The molecule has 0 saturated heterocycles. The Bertz CT molecular complexity index is 775. The van der Waals surface area contributed by atoms with Crippen LogP contribution in [-0.2, 0) is 13.0 Å². The summed E-state index contributed by atoms with van der Waals surface area (Å²) in [5.41, 5.74) is 10.5. The van der Waals surface area contributed by atoms with E-state index in [-0.39, 0.29) is 6.04 Å². The highest BCUT2D eigenvalue weighted by atomic mass is 32.1. The summed E-state index contributed by atoms with van der Waals surface area (Å²) >= 11 is 3.47. The highest BCUT2D eigenvalue weighted by Crippen LogP contribution is 2.36. The molecular weight excluding hydrogens is 312 g/mol. The highest BCUT2D eigenvalue weighted by Gasteiger charge is 2.15. The normalized spacial score (nSPS) is 12.7. The third-order valence-electron chi connectivity index (χ3n) is 3.52. The molecule has 0 aliphatic carbocycles. The minimum Gasteiger partial charge on any atom is -0.377 e. The zero-order valence-electron chi connectivity index (χ0n) is 13.0. The smallest absolute Gasteiger partial charge is 0.112 e. The molecule has 3 aromatic heterocycles. The molecule has 3 N–H and O–H groups in total. The van der Waals surface area contributed by atoms with Gasteiger partial charge in [0.1, 0.15) is 5.01 Å². The average Bonchev–Trinajstić information content (AvgIpc) is 3.07. The maximum absolute atomic E-state index is 5.97. The summed E-state index contributed by atoms with van der Waals surface area (Å²) < 4.78 is 1.22. The van der Waals surface area contributed by atoms with Crippen LogP contribution in [0.15, 0.2) is 17.6 Å². The minimum absolute atomic E-state index is 0.166. The quantitative estimate of drug-likeness (QED) is 0.744. The monoisotopic (exact) mass is 332 g/mol. The molecule has 0 fully saturated rings. The molecule has 0 bridgehead atoms. The van der Waals surface area contributed by atoms with Crippen molar-refractivity contribution in [2.45, 2.75) is 39.8 Å². The van der Waals surface area contributed by atoms with Crippen LogP contribution in [-0.4, -0.2) is 16.0 Å². The van der Waals surface area contributed by atoms with Crippen molar-refractivity contribution in [3.05, 3.63) is 38.8 Å². The molecule has 3 heterocycles. The number of hydrogen-bond donors (Lipinski definition) is 2. The van der Waals surface area contributed by atoms with Crippen LogP contribution in [0, 0.1) is 13.8 Å². The Kier molecular flexibility index (Phi) is 4.42. The van der Waals surface area contributed by atoms with Crippen LogP contribution >= 0.6 is 22.7 Å². The first-order valence-corrected chi connectivity index (χ1v) is 9.01. The molecule has 116 valence electrons. The SMILES string of the molecule is Cc1cc(NCc2nccs2)c2sc(C[C@H](C)N)c(C)c2n1. The van der Waals surface area contributed by atoms with E-state index in [9.17, 15) is 0 Å². The van der Waals surface area contributed by atoms with E-state index < -0.39 is 0 Å². The molecule has 1 atom stereocenters. The summed E-state index contributed by atoms with van der Waals surface area (Å²) in [5.74, 6) is 0. The lowest BCUT2D eigenvalue weighted by Crippen LogP contribution is -2.17. The van der Waals surface area contributed by atoms with E-state index in [0.29, 0.717) is 0 Å². The van der Waals surface area contributed by atoms with Crippen LogP contribution in [0.4, 0.5) is 5.69 Å². The van der Waals surface area contributed by atoms with Gasteiger partial charge < -0.3 is 11.1 Å². The van der Waals surface area contributed by atoms with Gasteiger partial charge >= 0.3 is 0 Å². The predicted octanol–water partition coefficient (Wildman–Crippen LogP) is 3.87. The molecule has 0 unspecified atom stereocenters. The summed E-state index contributed by atoms with van der Waals surface area (Å²) in [6.07, 6.45) is 2.74. The Morgan fingerprint density at radius 3 is 2.86 bits per heavy atom. The van der Waals surface area contributed by atoms with E-state index in [1.54, 1.807) is 22.7 Å². The van der Waals surface area contributed by atoms with Crippen molar-refractivity contribution < 1.29 is 0 Å². The van der Waals surface area contributed by atoms with Gasteiger partial charge in [-0.25, -0.2) is 4.98 Å². The Morgan fingerprint density at radius 2 is 2.18 bits per heavy atom. The fourth-order valence-electron chi connectivity index (χ4n) is 2.48. The van der Waals surface area contributed by atoms with Crippen LogP contribution in [0.3, 0.4) is 0 Å². The Balaban J connectivity index is 1.98. The van der Waals surface area contributed by atoms with Crippen molar-refractivity contribution >= 4 is 38.6 Å². The topological polar surface area (TPSA) is 63.8 Å². The lowest BCUT2D eigenvalue weighted by atomic mass is 10.1. The maximum Gasteiger partial charge on any atom is 0.112 e. The van der Waals surface area contributed by atoms with Gasteiger partial charge in [-0.3, -0.25) is 4.98 Å². The highest BCUT2D eigenvalue weighted by molar-refractivity contribution is 7.19. The maximum atomic E-state index is 5.97. The number of fused-ring (bicyclic) bond motifs is 1. The van der Waals surface area contributed by atoms with E-state index in [1.807, 2.05) is 25.4 Å². The largest absolute Gasteiger partial charge is 0.377 e. The third kappa shape index (κ3) is 3.14. The molecule has 6 heteroatoms. The predicted molar refractivity (Wildman–Crippen MR) is 95.9 cm³/mol.